The van der Waals surface area contributed by atoms with Gasteiger partial charge in [-0.25, -0.2) is 0 Å². The van der Waals surface area contributed by atoms with Gasteiger partial charge in [0.15, 0.2) is 0 Å². The highest BCUT2D eigenvalue weighted by molar-refractivity contribution is 5.80. The van der Waals surface area contributed by atoms with Crippen molar-refractivity contribution >= 4 is 11.9 Å². The first-order chi connectivity index (χ1) is 8.71. The topological polar surface area (TPSA) is 85.4 Å². The third-order valence-corrected chi connectivity index (χ3v) is 2.45. The molecule has 1 aromatic rings. The van der Waals surface area contributed by atoms with Crippen molar-refractivity contribution in [2.45, 2.75) is 18.9 Å². The summed E-state index contributed by atoms with van der Waals surface area (Å²) in [6.45, 7) is 0.132. The van der Waals surface area contributed by atoms with Crippen molar-refractivity contribution in [2.24, 2.45) is 0 Å². The number of aromatic nitrogens is 2. The van der Waals surface area contributed by atoms with Crippen LogP contribution in [0.25, 0.3) is 0 Å². The predicted molar refractivity (Wildman–Crippen MR) is 64.8 cm³/mol. The van der Waals surface area contributed by atoms with E-state index in [0.717, 1.165) is 12.8 Å². The van der Waals surface area contributed by atoms with E-state index in [1.54, 1.807) is 6.07 Å². The molecule has 1 heterocycles. The quantitative estimate of drug-likeness (QED) is 0.751. The number of nitrogens with zero attached hydrogens (tertiary/aromatic N) is 2. The van der Waals surface area contributed by atoms with Crippen LogP contribution in [0.5, 0.6) is 11.8 Å². The van der Waals surface area contributed by atoms with Gasteiger partial charge in [-0.2, -0.15) is 9.97 Å². The van der Waals surface area contributed by atoms with Crippen LogP contribution in [0, 0.1) is 0 Å². The Balaban J connectivity index is 1.92. The van der Waals surface area contributed by atoms with Crippen molar-refractivity contribution in [1.82, 2.24) is 15.3 Å². The lowest BCUT2D eigenvalue weighted by Gasteiger charge is -2.08. The molecule has 2 rings (SSSR count). The molecule has 98 valence electrons. The molecular formula is C11H16N4O3. The first-order valence-electron chi connectivity index (χ1n) is 5.71. The number of hydrogen-bond donors (Lipinski definition) is 2. The molecule has 0 unspecified atom stereocenters. The van der Waals surface area contributed by atoms with Gasteiger partial charge in [-0.05, 0) is 12.8 Å². The molecule has 7 heteroatoms. The zero-order chi connectivity index (χ0) is 13.0. The van der Waals surface area contributed by atoms with Crippen molar-refractivity contribution in [3.05, 3.63) is 6.07 Å². The van der Waals surface area contributed by atoms with E-state index in [9.17, 15) is 4.79 Å². The fourth-order valence-corrected chi connectivity index (χ4v) is 1.36. The highest BCUT2D eigenvalue weighted by atomic mass is 16.5. The Bertz CT molecular complexity index is 412. The summed E-state index contributed by atoms with van der Waals surface area (Å²) in [4.78, 5) is 19.6. The van der Waals surface area contributed by atoms with Crippen LogP contribution in [0.4, 0.5) is 5.95 Å². The van der Waals surface area contributed by atoms with E-state index >= 15 is 0 Å². The van der Waals surface area contributed by atoms with E-state index in [1.165, 1.54) is 14.2 Å². The van der Waals surface area contributed by atoms with E-state index in [1.807, 2.05) is 0 Å². The summed E-state index contributed by atoms with van der Waals surface area (Å²) in [6.07, 6.45) is 2.13. The maximum absolute atomic E-state index is 11.5. The Hall–Kier alpha value is -2.05. The molecule has 0 saturated heterocycles. The monoisotopic (exact) mass is 252 g/mol. The molecule has 0 aromatic carbocycles. The largest absolute Gasteiger partial charge is 0.481 e. The number of hydrogen-bond acceptors (Lipinski definition) is 6. The lowest BCUT2D eigenvalue weighted by molar-refractivity contribution is -0.119. The van der Waals surface area contributed by atoms with Gasteiger partial charge in [-0.3, -0.25) is 4.79 Å². The van der Waals surface area contributed by atoms with Gasteiger partial charge in [-0.1, -0.05) is 0 Å². The van der Waals surface area contributed by atoms with E-state index < -0.39 is 0 Å². The molecule has 18 heavy (non-hydrogen) atoms. The second kappa shape index (κ2) is 5.52. The molecule has 1 aromatic heterocycles. The number of rotatable bonds is 6. The van der Waals surface area contributed by atoms with Crippen LogP contribution in [0.2, 0.25) is 0 Å². The van der Waals surface area contributed by atoms with Crippen molar-refractivity contribution in [1.29, 1.82) is 0 Å². The number of amides is 1. The minimum Gasteiger partial charge on any atom is -0.481 e. The summed E-state index contributed by atoms with van der Waals surface area (Å²) >= 11 is 0. The average Bonchev–Trinajstić information content (AvgIpc) is 3.19. The Kier molecular flexibility index (Phi) is 3.81. The van der Waals surface area contributed by atoms with Gasteiger partial charge in [0.2, 0.25) is 23.6 Å². The molecule has 0 aliphatic heterocycles. The SMILES string of the molecule is COc1cc(OC)nc(NCC(=O)NC2CC2)n1. The summed E-state index contributed by atoms with van der Waals surface area (Å²) in [5, 5.41) is 5.69. The second-order valence-electron chi connectivity index (χ2n) is 3.97. The van der Waals surface area contributed by atoms with Crippen LogP contribution >= 0.6 is 0 Å². The minimum atomic E-state index is -0.0668. The van der Waals surface area contributed by atoms with Crippen LogP contribution in [0.1, 0.15) is 12.8 Å². The maximum atomic E-state index is 11.5. The molecule has 1 saturated carbocycles. The average molecular weight is 252 g/mol. The summed E-state index contributed by atoms with van der Waals surface area (Å²) < 4.78 is 10.0. The number of carbonyl (C=O) groups excluding carboxylic acids is 1. The molecule has 0 radical (unpaired) electrons. The van der Waals surface area contributed by atoms with Gasteiger partial charge in [0.05, 0.1) is 26.8 Å². The zero-order valence-corrected chi connectivity index (χ0v) is 10.4. The van der Waals surface area contributed by atoms with Gasteiger partial charge in [0.1, 0.15) is 0 Å². The molecule has 0 spiro atoms. The molecule has 1 aliphatic rings. The highest BCUT2D eigenvalue weighted by Gasteiger charge is 2.23. The van der Waals surface area contributed by atoms with Gasteiger partial charge in [0.25, 0.3) is 0 Å². The summed E-state index contributed by atoms with van der Waals surface area (Å²) in [5.74, 6) is 0.999. The maximum Gasteiger partial charge on any atom is 0.239 e. The van der Waals surface area contributed by atoms with Crippen molar-refractivity contribution < 1.29 is 14.3 Å². The predicted octanol–water partition coefficient (Wildman–Crippen LogP) is 0.184. The van der Waals surface area contributed by atoms with Crippen LogP contribution in [-0.4, -0.2) is 42.7 Å². The van der Waals surface area contributed by atoms with Crippen LogP contribution in [-0.2, 0) is 4.79 Å². The molecule has 7 nitrogen and oxygen atoms in total. The van der Waals surface area contributed by atoms with Gasteiger partial charge in [0, 0.05) is 6.04 Å². The third-order valence-electron chi connectivity index (χ3n) is 2.45. The van der Waals surface area contributed by atoms with Crippen LogP contribution < -0.4 is 20.1 Å². The van der Waals surface area contributed by atoms with E-state index in [-0.39, 0.29) is 12.5 Å². The Morgan fingerprint density at radius 3 is 2.44 bits per heavy atom. The van der Waals surface area contributed by atoms with Crippen molar-refractivity contribution in [3.8, 4) is 11.8 Å². The number of ether oxygens (including phenoxy) is 2. The Labute approximate surface area is 105 Å². The summed E-state index contributed by atoms with van der Waals surface area (Å²) in [7, 11) is 3.01. The third kappa shape index (κ3) is 3.47. The smallest absolute Gasteiger partial charge is 0.239 e. The first-order valence-corrected chi connectivity index (χ1v) is 5.71. The number of nitrogens with one attached hydrogen (secondary N) is 2. The van der Waals surface area contributed by atoms with E-state index in [4.69, 9.17) is 9.47 Å². The molecule has 1 aliphatic carbocycles. The lowest BCUT2D eigenvalue weighted by Crippen LogP contribution is -2.31. The number of carbonyl (C=O) groups is 1. The fraction of sp³-hybridized carbons (Fsp3) is 0.545. The standard InChI is InChI=1S/C11H16N4O3/c1-17-9-5-10(18-2)15-11(14-9)12-6-8(16)13-7-3-4-7/h5,7H,3-4,6H2,1-2H3,(H,13,16)(H,12,14,15). The van der Waals surface area contributed by atoms with Crippen LogP contribution in [0.15, 0.2) is 6.07 Å². The van der Waals surface area contributed by atoms with Gasteiger partial charge in [-0.15, -0.1) is 0 Å². The van der Waals surface area contributed by atoms with Crippen molar-refractivity contribution in [3.63, 3.8) is 0 Å². The van der Waals surface area contributed by atoms with Gasteiger partial charge < -0.3 is 20.1 Å². The van der Waals surface area contributed by atoms with Crippen molar-refractivity contribution in [2.75, 3.05) is 26.1 Å². The van der Waals surface area contributed by atoms with E-state index in [0.29, 0.717) is 23.8 Å². The normalized spacial score (nSPS) is 13.9. The molecule has 0 atom stereocenters. The lowest BCUT2D eigenvalue weighted by atomic mass is 10.5. The number of methoxy groups -OCH3 is 2. The Morgan fingerprint density at radius 1 is 1.33 bits per heavy atom. The highest BCUT2D eigenvalue weighted by Crippen LogP contribution is 2.19. The molecule has 1 fully saturated rings. The fourth-order valence-electron chi connectivity index (χ4n) is 1.36. The molecular weight excluding hydrogens is 236 g/mol. The number of anilines is 1. The molecule has 1 amide bonds. The minimum absolute atomic E-state index is 0.0668. The first kappa shape index (κ1) is 12.4. The molecule has 0 bridgehead atoms. The van der Waals surface area contributed by atoms with Gasteiger partial charge >= 0.3 is 0 Å². The van der Waals surface area contributed by atoms with Crippen LogP contribution in [0.3, 0.4) is 0 Å². The summed E-state index contributed by atoms with van der Waals surface area (Å²) in [5.41, 5.74) is 0. The summed E-state index contributed by atoms with van der Waals surface area (Å²) in [6, 6.07) is 1.91. The Morgan fingerprint density at radius 2 is 1.94 bits per heavy atom. The zero-order valence-electron chi connectivity index (χ0n) is 10.4. The second-order valence-corrected chi connectivity index (χ2v) is 3.97. The molecule has 2 N–H and O–H groups in total. The van der Waals surface area contributed by atoms with E-state index in [2.05, 4.69) is 20.6 Å².